The van der Waals surface area contributed by atoms with Crippen LogP contribution in [0.4, 0.5) is 0 Å². The lowest BCUT2D eigenvalue weighted by Crippen LogP contribution is -2.37. The van der Waals surface area contributed by atoms with E-state index in [1.165, 1.54) is 12.8 Å². The second-order valence-corrected chi connectivity index (χ2v) is 3.65. The van der Waals surface area contributed by atoms with Crippen molar-refractivity contribution < 1.29 is 0 Å². The highest BCUT2D eigenvalue weighted by Gasteiger charge is 2.40. The van der Waals surface area contributed by atoms with Crippen LogP contribution in [0.25, 0.3) is 0 Å². The van der Waals surface area contributed by atoms with Gasteiger partial charge in [0.1, 0.15) is 0 Å². The van der Waals surface area contributed by atoms with Crippen LogP contribution in [0, 0.1) is 17.8 Å². The van der Waals surface area contributed by atoms with Crippen LogP contribution in [0.2, 0.25) is 0 Å². The number of fused-ring (bicyclic) bond motifs is 1. The highest BCUT2D eigenvalue weighted by atomic mass is 14.4. The Labute approximate surface area is 57.0 Å². The van der Waals surface area contributed by atoms with Crippen molar-refractivity contribution in [3.05, 3.63) is 11.6 Å². The molecule has 0 amide bonds. The Bertz CT molecular complexity index is 155. The van der Waals surface area contributed by atoms with E-state index in [9.17, 15) is 0 Å². The van der Waals surface area contributed by atoms with Crippen molar-refractivity contribution in [3.63, 3.8) is 0 Å². The third-order valence-electron chi connectivity index (χ3n) is 3.26. The van der Waals surface area contributed by atoms with E-state index in [1.54, 1.807) is 5.57 Å². The summed E-state index contributed by atoms with van der Waals surface area (Å²) in [5, 5.41) is 0. The van der Waals surface area contributed by atoms with Crippen molar-refractivity contribution in [2.75, 3.05) is 0 Å². The molecule has 0 radical (unpaired) electrons. The lowest BCUT2D eigenvalue weighted by Gasteiger charge is -2.47. The third-order valence-corrected chi connectivity index (χ3v) is 3.26. The maximum Gasteiger partial charge on any atom is -0.0175 e. The molecular weight excluding hydrogens is 108 g/mol. The predicted octanol–water partition coefficient (Wildman–Crippen LogP) is 2.61. The smallest absolute Gasteiger partial charge is 0.0175 e. The van der Waals surface area contributed by atoms with E-state index in [-0.39, 0.29) is 0 Å². The van der Waals surface area contributed by atoms with Crippen molar-refractivity contribution in [2.45, 2.75) is 26.7 Å². The van der Waals surface area contributed by atoms with Gasteiger partial charge in [0.2, 0.25) is 0 Å². The summed E-state index contributed by atoms with van der Waals surface area (Å²) >= 11 is 0. The Balaban J connectivity index is 2.22. The zero-order valence-corrected chi connectivity index (χ0v) is 6.22. The predicted molar refractivity (Wildman–Crippen MR) is 39.1 cm³/mol. The van der Waals surface area contributed by atoms with E-state index < -0.39 is 0 Å². The van der Waals surface area contributed by atoms with Gasteiger partial charge in [0.25, 0.3) is 0 Å². The summed E-state index contributed by atoms with van der Waals surface area (Å²) in [5.41, 5.74) is 1.66. The Kier molecular flexibility index (Phi) is 0.992. The minimum Gasteiger partial charge on any atom is -0.0850 e. The molecule has 3 aliphatic rings. The van der Waals surface area contributed by atoms with E-state index in [1.807, 2.05) is 0 Å². The van der Waals surface area contributed by atoms with Gasteiger partial charge in [0.15, 0.2) is 0 Å². The maximum atomic E-state index is 2.43. The van der Waals surface area contributed by atoms with Gasteiger partial charge in [0.05, 0.1) is 0 Å². The molecule has 3 atom stereocenters. The Morgan fingerprint density at radius 3 is 2.67 bits per heavy atom. The van der Waals surface area contributed by atoms with Crippen molar-refractivity contribution in [3.8, 4) is 0 Å². The molecule has 3 rings (SSSR count). The summed E-state index contributed by atoms with van der Waals surface area (Å²) < 4.78 is 0. The topological polar surface area (TPSA) is 0 Å². The first-order chi connectivity index (χ1) is 4.29. The van der Waals surface area contributed by atoms with Crippen LogP contribution < -0.4 is 0 Å². The highest BCUT2D eigenvalue weighted by Crippen LogP contribution is 2.49. The van der Waals surface area contributed by atoms with E-state index >= 15 is 0 Å². The molecule has 0 heterocycles. The average Bonchev–Trinajstić information content (AvgIpc) is 1.86. The summed E-state index contributed by atoms with van der Waals surface area (Å²) in [4.78, 5) is 0. The average molecular weight is 122 g/mol. The van der Waals surface area contributed by atoms with Crippen molar-refractivity contribution in [2.24, 2.45) is 17.8 Å². The van der Waals surface area contributed by atoms with Gasteiger partial charge in [-0.2, -0.15) is 0 Å². The van der Waals surface area contributed by atoms with Crippen molar-refractivity contribution >= 4 is 0 Å². The molecule has 1 saturated carbocycles. The molecule has 0 aromatic heterocycles. The first-order valence-corrected chi connectivity index (χ1v) is 3.95. The molecule has 0 aromatic rings. The van der Waals surface area contributed by atoms with Gasteiger partial charge in [-0.15, -0.1) is 0 Å². The quantitative estimate of drug-likeness (QED) is 0.433. The van der Waals surface area contributed by atoms with Gasteiger partial charge < -0.3 is 0 Å². The van der Waals surface area contributed by atoms with Gasteiger partial charge in [-0.3, -0.25) is 0 Å². The second kappa shape index (κ2) is 1.62. The fraction of sp³-hybridized carbons (Fsp3) is 0.778. The maximum absolute atomic E-state index is 2.43. The molecule has 0 heteroatoms. The van der Waals surface area contributed by atoms with Gasteiger partial charge >= 0.3 is 0 Å². The van der Waals surface area contributed by atoms with Crippen molar-refractivity contribution in [1.82, 2.24) is 0 Å². The van der Waals surface area contributed by atoms with Crippen LogP contribution in [0.15, 0.2) is 11.6 Å². The lowest BCUT2D eigenvalue weighted by molar-refractivity contribution is 0.104. The van der Waals surface area contributed by atoms with Crippen LogP contribution in [-0.2, 0) is 0 Å². The molecule has 0 aliphatic heterocycles. The zero-order chi connectivity index (χ0) is 6.43. The van der Waals surface area contributed by atoms with Gasteiger partial charge in [-0.05, 0) is 37.5 Å². The van der Waals surface area contributed by atoms with Crippen LogP contribution in [-0.4, -0.2) is 0 Å². The molecule has 0 saturated heterocycles. The Morgan fingerprint density at radius 1 is 1.56 bits per heavy atom. The van der Waals surface area contributed by atoms with Crippen LogP contribution in [0.1, 0.15) is 26.7 Å². The molecule has 2 bridgehead atoms. The van der Waals surface area contributed by atoms with Crippen LogP contribution in [0.5, 0.6) is 0 Å². The Morgan fingerprint density at radius 2 is 2.33 bits per heavy atom. The minimum absolute atomic E-state index is 0.976. The molecular formula is C9H14. The monoisotopic (exact) mass is 122 g/mol. The Hall–Kier alpha value is -0.260. The van der Waals surface area contributed by atoms with E-state index in [2.05, 4.69) is 19.9 Å². The van der Waals surface area contributed by atoms with Gasteiger partial charge in [-0.1, -0.05) is 18.6 Å². The summed E-state index contributed by atoms with van der Waals surface area (Å²) in [6, 6.07) is 0. The number of rotatable bonds is 0. The normalized spacial score (nSPS) is 47.8. The largest absolute Gasteiger partial charge is 0.0850 e. The molecule has 0 unspecified atom stereocenters. The van der Waals surface area contributed by atoms with Gasteiger partial charge in [-0.25, -0.2) is 0 Å². The number of hydrogen-bond donors (Lipinski definition) is 0. The first-order valence-electron chi connectivity index (χ1n) is 3.95. The summed E-state index contributed by atoms with van der Waals surface area (Å²) in [5.74, 6) is 3.04. The zero-order valence-electron chi connectivity index (χ0n) is 6.22. The number of allylic oxidation sites excluding steroid dienone is 2. The minimum atomic E-state index is 0.976. The van der Waals surface area contributed by atoms with E-state index in [4.69, 9.17) is 0 Å². The van der Waals surface area contributed by atoms with E-state index in [0.29, 0.717) is 0 Å². The van der Waals surface area contributed by atoms with Crippen LogP contribution in [0.3, 0.4) is 0 Å². The summed E-state index contributed by atoms with van der Waals surface area (Å²) in [6.07, 6.45) is 5.28. The molecule has 1 fully saturated rings. The first kappa shape index (κ1) is 5.52. The molecule has 3 aliphatic carbocycles. The third kappa shape index (κ3) is 0.593. The highest BCUT2D eigenvalue weighted by molar-refractivity contribution is 5.16. The van der Waals surface area contributed by atoms with E-state index in [0.717, 1.165) is 17.8 Å². The molecule has 0 aromatic carbocycles. The van der Waals surface area contributed by atoms with Crippen molar-refractivity contribution in [1.29, 1.82) is 0 Å². The number of hydrogen-bond acceptors (Lipinski definition) is 0. The standard InChI is InChI=1S/C9H14/c1-6-3-4-8-5-9(6)7(8)2/h3,7-9H,4-5H2,1-2H3/t7-,8-,9-/m0/s1. The molecule has 50 valence electrons. The SMILES string of the molecule is CC1=CC[C@H]2C[C@@H]1[C@H]2C. The molecule has 0 spiro atoms. The fourth-order valence-electron chi connectivity index (χ4n) is 2.29. The lowest BCUT2D eigenvalue weighted by atomic mass is 9.58. The molecule has 9 heavy (non-hydrogen) atoms. The van der Waals surface area contributed by atoms with Gasteiger partial charge in [0, 0.05) is 0 Å². The summed E-state index contributed by atoms with van der Waals surface area (Å²) in [6.45, 7) is 4.69. The summed E-state index contributed by atoms with van der Waals surface area (Å²) in [7, 11) is 0. The van der Waals surface area contributed by atoms with Crippen LogP contribution >= 0.6 is 0 Å². The second-order valence-electron chi connectivity index (χ2n) is 3.65. The fourth-order valence-corrected chi connectivity index (χ4v) is 2.29. The molecule has 0 nitrogen and oxygen atoms in total. The molecule has 0 N–H and O–H groups in total.